The van der Waals surface area contributed by atoms with Crippen molar-refractivity contribution in [3.05, 3.63) is 0 Å². The molecule has 9 heteroatoms. The van der Waals surface area contributed by atoms with Crippen LogP contribution in [0.3, 0.4) is 0 Å². The van der Waals surface area contributed by atoms with Gasteiger partial charge in [0.25, 0.3) is 0 Å². The number of carboxylic acid groups (broad SMARTS) is 1. The fourth-order valence-corrected chi connectivity index (χ4v) is 2.25. The highest BCUT2D eigenvalue weighted by Crippen LogP contribution is 2.17. The molecule has 1 fully saturated rings. The first kappa shape index (κ1) is 16.7. The molecule has 0 aromatic carbocycles. The van der Waals surface area contributed by atoms with Crippen molar-refractivity contribution in [1.29, 1.82) is 0 Å². The van der Waals surface area contributed by atoms with E-state index in [0.717, 1.165) is 12.8 Å². The van der Waals surface area contributed by atoms with Crippen molar-refractivity contribution in [2.24, 2.45) is 5.73 Å². The molecule has 0 aromatic heterocycles. The van der Waals surface area contributed by atoms with Gasteiger partial charge in [0, 0.05) is 13.6 Å². The Hall–Kier alpha value is -2.32. The molecule has 0 aromatic rings. The summed E-state index contributed by atoms with van der Waals surface area (Å²) in [5.41, 5.74) is 4.95. The molecule has 5 N–H and O–H groups in total. The third kappa shape index (κ3) is 4.62. The second-order valence-electron chi connectivity index (χ2n) is 4.83. The van der Waals surface area contributed by atoms with Crippen molar-refractivity contribution < 1.29 is 24.3 Å². The van der Waals surface area contributed by atoms with E-state index in [1.54, 1.807) is 0 Å². The summed E-state index contributed by atoms with van der Waals surface area (Å²) in [4.78, 5) is 47.0. The van der Waals surface area contributed by atoms with E-state index in [1.165, 1.54) is 11.9 Å². The number of nitrogens with one attached hydrogen (secondary N) is 2. The lowest BCUT2D eigenvalue weighted by atomic mass is 10.0. The summed E-state index contributed by atoms with van der Waals surface area (Å²) < 4.78 is 0. The van der Waals surface area contributed by atoms with E-state index in [9.17, 15) is 19.2 Å². The first-order valence-electron chi connectivity index (χ1n) is 6.66. The van der Waals surface area contributed by atoms with Gasteiger partial charge in [0.15, 0.2) is 0 Å². The zero-order valence-corrected chi connectivity index (χ0v) is 11.8. The molecule has 2 unspecified atom stereocenters. The molecule has 118 valence electrons. The Labute approximate surface area is 121 Å². The zero-order chi connectivity index (χ0) is 16.0. The van der Waals surface area contributed by atoms with Crippen LogP contribution in [0.5, 0.6) is 0 Å². The molecule has 1 aliphatic heterocycles. The van der Waals surface area contributed by atoms with Gasteiger partial charge in [-0.3, -0.25) is 9.59 Å². The smallest absolute Gasteiger partial charge is 0.326 e. The van der Waals surface area contributed by atoms with Crippen molar-refractivity contribution >= 4 is 23.8 Å². The number of nitrogens with two attached hydrogens (primary N) is 1. The van der Waals surface area contributed by atoms with E-state index in [1.807, 2.05) is 0 Å². The largest absolute Gasteiger partial charge is 0.480 e. The Morgan fingerprint density at radius 3 is 2.52 bits per heavy atom. The van der Waals surface area contributed by atoms with E-state index < -0.39 is 36.4 Å². The van der Waals surface area contributed by atoms with Crippen molar-refractivity contribution in [2.75, 3.05) is 13.6 Å². The van der Waals surface area contributed by atoms with Crippen LogP contribution in [0.15, 0.2) is 0 Å². The number of amides is 4. The number of urea groups is 1. The van der Waals surface area contributed by atoms with Gasteiger partial charge >= 0.3 is 12.0 Å². The number of carbonyl (C=O) groups is 4. The first-order chi connectivity index (χ1) is 9.86. The number of carbonyl (C=O) groups excluding carboxylic acids is 3. The van der Waals surface area contributed by atoms with Crippen molar-refractivity contribution in [1.82, 2.24) is 15.5 Å². The molecule has 21 heavy (non-hydrogen) atoms. The molecule has 2 atom stereocenters. The van der Waals surface area contributed by atoms with Gasteiger partial charge < -0.3 is 26.4 Å². The van der Waals surface area contributed by atoms with Crippen LogP contribution in [-0.4, -0.2) is 59.5 Å². The lowest BCUT2D eigenvalue weighted by molar-refractivity contribution is -0.141. The maximum atomic E-state index is 12.1. The summed E-state index contributed by atoms with van der Waals surface area (Å²) in [6.45, 7) is 0.354. The number of hydrogen-bond acceptors (Lipinski definition) is 4. The van der Waals surface area contributed by atoms with E-state index in [0.29, 0.717) is 13.0 Å². The average Bonchev–Trinajstić information content (AvgIpc) is 2.45. The van der Waals surface area contributed by atoms with Crippen LogP contribution in [0.4, 0.5) is 4.79 Å². The summed E-state index contributed by atoms with van der Waals surface area (Å²) in [5, 5.41) is 13.7. The minimum atomic E-state index is -1.40. The van der Waals surface area contributed by atoms with Gasteiger partial charge in [-0.15, -0.1) is 0 Å². The standard InChI is InChI=1S/C12H20N4O5/c1-14-10(18)8-4-2-3-5-16(8)12(21)15-7(11(19)20)6-9(13)17/h7-8H,2-6H2,1H3,(H2,13,17)(H,14,18)(H,15,21)(H,19,20). The van der Waals surface area contributed by atoms with Crippen LogP contribution in [0.25, 0.3) is 0 Å². The number of carboxylic acids is 1. The fraction of sp³-hybridized carbons (Fsp3) is 0.667. The van der Waals surface area contributed by atoms with Gasteiger partial charge in [0.2, 0.25) is 11.8 Å². The molecular formula is C12H20N4O5. The number of likely N-dealkylation sites (tertiary alicyclic amines) is 1. The molecular weight excluding hydrogens is 280 g/mol. The maximum absolute atomic E-state index is 12.1. The summed E-state index contributed by atoms with van der Waals surface area (Å²) in [5.74, 6) is -2.48. The molecule has 4 amide bonds. The maximum Gasteiger partial charge on any atom is 0.326 e. The number of likely N-dealkylation sites (N-methyl/N-ethyl adjacent to an activating group) is 1. The van der Waals surface area contributed by atoms with Gasteiger partial charge in [-0.25, -0.2) is 9.59 Å². The van der Waals surface area contributed by atoms with Gasteiger partial charge in [0.05, 0.1) is 6.42 Å². The summed E-state index contributed by atoms with van der Waals surface area (Å²) in [7, 11) is 1.47. The predicted octanol–water partition coefficient (Wildman–Crippen LogP) is -1.37. The third-order valence-electron chi connectivity index (χ3n) is 3.31. The van der Waals surface area contributed by atoms with Gasteiger partial charge in [0.1, 0.15) is 12.1 Å². The Kier molecular flexibility index (Phi) is 5.94. The third-order valence-corrected chi connectivity index (χ3v) is 3.31. The number of aliphatic carboxylic acids is 1. The van der Waals surface area contributed by atoms with Crippen LogP contribution >= 0.6 is 0 Å². The second-order valence-corrected chi connectivity index (χ2v) is 4.83. The van der Waals surface area contributed by atoms with Crippen LogP contribution in [-0.2, 0) is 14.4 Å². The lowest BCUT2D eigenvalue weighted by Gasteiger charge is -2.35. The van der Waals surface area contributed by atoms with Crippen LogP contribution in [0.2, 0.25) is 0 Å². The number of primary amides is 1. The van der Waals surface area contributed by atoms with Crippen molar-refractivity contribution in [3.63, 3.8) is 0 Å². The van der Waals surface area contributed by atoms with Crippen LogP contribution in [0, 0.1) is 0 Å². The van der Waals surface area contributed by atoms with Crippen LogP contribution in [0.1, 0.15) is 25.7 Å². The van der Waals surface area contributed by atoms with E-state index >= 15 is 0 Å². The molecule has 1 heterocycles. The Balaban J connectivity index is 2.76. The lowest BCUT2D eigenvalue weighted by Crippen LogP contribution is -2.57. The van der Waals surface area contributed by atoms with Crippen LogP contribution < -0.4 is 16.4 Å². The SMILES string of the molecule is CNC(=O)C1CCCCN1C(=O)NC(CC(N)=O)C(=O)O. The van der Waals surface area contributed by atoms with Gasteiger partial charge in [-0.05, 0) is 19.3 Å². The Morgan fingerprint density at radius 1 is 1.33 bits per heavy atom. The highest BCUT2D eigenvalue weighted by atomic mass is 16.4. The zero-order valence-electron chi connectivity index (χ0n) is 11.8. The van der Waals surface area contributed by atoms with E-state index in [-0.39, 0.29) is 5.91 Å². The van der Waals surface area contributed by atoms with Gasteiger partial charge in [-0.2, -0.15) is 0 Å². The molecule has 0 spiro atoms. The number of piperidine rings is 1. The fourth-order valence-electron chi connectivity index (χ4n) is 2.25. The minimum Gasteiger partial charge on any atom is -0.480 e. The molecule has 0 saturated carbocycles. The molecule has 1 aliphatic rings. The van der Waals surface area contributed by atoms with Gasteiger partial charge in [-0.1, -0.05) is 0 Å². The minimum absolute atomic E-state index is 0.299. The highest BCUT2D eigenvalue weighted by molar-refractivity contribution is 5.90. The molecule has 0 bridgehead atoms. The molecule has 1 saturated heterocycles. The first-order valence-corrected chi connectivity index (χ1v) is 6.66. The topological polar surface area (TPSA) is 142 Å². The normalized spacial score (nSPS) is 19.5. The molecule has 1 rings (SSSR count). The monoisotopic (exact) mass is 300 g/mol. The Bertz CT molecular complexity index is 439. The van der Waals surface area contributed by atoms with Crippen molar-refractivity contribution in [2.45, 2.75) is 37.8 Å². The molecule has 0 aliphatic carbocycles. The van der Waals surface area contributed by atoms with E-state index in [4.69, 9.17) is 10.8 Å². The summed E-state index contributed by atoms with van der Waals surface area (Å²) in [6, 6.07) is -2.72. The average molecular weight is 300 g/mol. The second kappa shape index (κ2) is 7.46. The predicted molar refractivity (Wildman–Crippen MR) is 72.2 cm³/mol. The Morgan fingerprint density at radius 2 is 2.00 bits per heavy atom. The highest BCUT2D eigenvalue weighted by Gasteiger charge is 2.33. The number of hydrogen-bond donors (Lipinski definition) is 4. The van der Waals surface area contributed by atoms with Crippen molar-refractivity contribution in [3.8, 4) is 0 Å². The number of nitrogens with zero attached hydrogens (tertiary/aromatic N) is 1. The summed E-state index contributed by atoms with van der Waals surface area (Å²) in [6.07, 6.45) is 1.56. The summed E-state index contributed by atoms with van der Waals surface area (Å²) >= 11 is 0. The number of rotatable bonds is 5. The van der Waals surface area contributed by atoms with E-state index in [2.05, 4.69) is 10.6 Å². The molecule has 0 radical (unpaired) electrons. The quantitative estimate of drug-likeness (QED) is 0.495. The molecule has 9 nitrogen and oxygen atoms in total.